The van der Waals surface area contributed by atoms with Gasteiger partial charge >= 0.3 is 0 Å². The van der Waals surface area contributed by atoms with Gasteiger partial charge in [-0.2, -0.15) is 0 Å². The number of hydrogen-bond donors (Lipinski definition) is 0. The van der Waals surface area contributed by atoms with Crippen molar-refractivity contribution in [3.8, 4) is 0 Å². The molecule has 2 aromatic rings. The molecule has 0 spiro atoms. The summed E-state index contributed by atoms with van der Waals surface area (Å²) in [5, 5.41) is 3.02. The van der Waals surface area contributed by atoms with Gasteiger partial charge in [0.15, 0.2) is 8.32 Å². The average molecular weight is 451 g/mol. The van der Waals surface area contributed by atoms with Crippen LogP contribution < -0.4 is 0 Å². The summed E-state index contributed by atoms with van der Waals surface area (Å²) in [6.45, 7) is 18.4. The lowest BCUT2D eigenvalue weighted by Crippen LogP contribution is -2.43. The Morgan fingerprint density at radius 1 is 0.906 bits per heavy atom. The fraction of sp³-hybridized carbons (Fsp3) is 0.533. The van der Waals surface area contributed by atoms with Crippen molar-refractivity contribution in [2.24, 2.45) is 0 Å². The smallest absolute Gasteiger partial charge is 0.192 e. The molecule has 0 amide bonds. The molecule has 0 fully saturated rings. The van der Waals surface area contributed by atoms with Crippen molar-refractivity contribution in [2.45, 2.75) is 104 Å². The molecule has 0 bridgehead atoms. The van der Waals surface area contributed by atoms with Gasteiger partial charge in [0.1, 0.15) is 0 Å². The zero-order valence-electron chi connectivity index (χ0n) is 21.9. The first-order valence-corrected chi connectivity index (χ1v) is 15.4. The van der Waals surface area contributed by atoms with E-state index in [1.54, 1.807) is 0 Å². The van der Waals surface area contributed by atoms with Crippen molar-refractivity contribution in [3.63, 3.8) is 0 Å². The monoisotopic (exact) mass is 450 g/mol. The lowest BCUT2D eigenvalue weighted by molar-refractivity contribution is 0.189. The zero-order valence-corrected chi connectivity index (χ0v) is 22.9. The van der Waals surface area contributed by atoms with E-state index in [0.717, 1.165) is 38.5 Å². The number of fused-ring (bicyclic) bond motifs is 1. The zero-order chi connectivity index (χ0) is 23.8. The van der Waals surface area contributed by atoms with E-state index in [0.29, 0.717) is 6.10 Å². The van der Waals surface area contributed by atoms with Gasteiger partial charge in [-0.25, -0.2) is 0 Å². The first-order valence-electron chi connectivity index (χ1n) is 12.5. The Labute approximate surface area is 199 Å². The van der Waals surface area contributed by atoms with Crippen LogP contribution in [0.25, 0.3) is 10.8 Å². The summed E-state index contributed by atoms with van der Waals surface area (Å²) in [7, 11) is -1.66. The van der Waals surface area contributed by atoms with Crippen molar-refractivity contribution in [1.29, 1.82) is 0 Å². The summed E-state index contributed by atoms with van der Waals surface area (Å²) in [5.41, 5.74) is 4.46. The van der Waals surface area contributed by atoms with E-state index in [2.05, 4.69) is 109 Å². The van der Waals surface area contributed by atoms with Crippen LogP contribution in [0.3, 0.4) is 0 Å². The van der Waals surface area contributed by atoms with E-state index in [1.807, 2.05) is 0 Å². The summed E-state index contributed by atoms with van der Waals surface area (Å²) in [6.07, 6.45) is 12.0. The summed E-state index contributed by atoms with van der Waals surface area (Å²) in [6, 6.07) is 15.4. The fourth-order valence-corrected chi connectivity index (χ4v) is 5.38. The minimum Gasteiger partial charge on any atom is -0.414 e. The van der Waals surface area contributed by atoms with Crippen LogP contribution in [-0.2, 0) is 10.8 Å². The molecule has 1 nitrogen and oxygen atoms in total. The molecule has 0 saturated carbocycles. The normalized spacial score (nSPS) is 14.8. The Morgan fingerprint density at radius 3 is 2.25 bits per heavy atom. The molecule has 0 radical (unpaired) electrons. The number of benzene rings is 2. The van der Waals surface area contributed by atoms with Crippen LogP contribution in [0.2, 0.25) is 18.1 Å². The second-order valence-corrected chi connectivity index (χ2v) is 15.8. The number of rotatable bonds is 11. The Morgan fingerprint density at radius 2 is 1.53 bits per heavy atom. The Balaban J connectivity index is 1.74. The summed E-state index contributed by atoms with van der Waals surface area (Å²) < 4.78 is 6.51. The third kappa shape index (κ3) is 8.37. The Hall–Kier alpha value is -1.64. The largest absolute Gasteiger partial charge is 0.414 e. The van der Waals surface area contributed by atoms with Gasteiger partial charge in [0, 0.05) is 6.10 Å². The SMILES string of the molecule is CC(=CCC/C(C)=C/CCc1cccc2ccccc12)CC[C@H](C)O[Si](C)(C)C(C)(C)C. The maximum absolute atomic E-state index is 6.51. The quantitative estimate of drug-likeness (QED) is 0.244. The van der Waals surface area contributed by atoms with Crippen molar-refractivity contribution >= 4 is 19.1 Å². The Kier molecular flexibility index (Phi) is 9.98. The molecule has 0 unspecified atom stereocenters. The molecule has 32 heavy (non-hydrogen) atoms. The van der Waals surface area contributed by atoms with Crippen LogP contribution in [0.1, 0.15) is 79.2 Å². The van der Waals surface area contributed by atoms with Gasteiger partial charge in [-0.05, 0) is 93.8 Å². The number of allylic oxidation sites excluding steroid dienone is 4. The van der Waals surface area contributed by atoms with E-state index in [4.69, 9.17) is 4.43 Å². The molecule has 0 aliphatic carbocycles. The molecule has 2 rings (SSSR count). The van der Waals surface area contributed by atoms with Crippen LogP contribution in [0, 0.1) is 0 Å². The molecule has 0 heterocycles. The lowest BCUT2D eigenvalue weighted by Gasteiger charge is -2.38. The van der Waals surface area contributed by atoms with Crippen molar-refractivity contribution in [3.05, 3.63) is 71.3 Å². The first-order chi connectivity index (χ1) is 15.0. The van der Waals surface area contributed by atoms with Gasteiger partial charge in [0.25, 0.3) is 0 Å². The fourth-order valence-electron chi connectivity index (χ4n) is 3.90. The second kappa shape index (κ2) is 12.0. The lowest BCUT2D eigenvalue weighted by atomic mass is 10.00. The molecular weight excluding hydrogens is 404 g/mol. The van der Waals surface area contributed by atoms with E-state index < -0.39 is 8.32 Å². The number of hydrogen-bond acceptors (Lipinski definition) is 1. The van der Waals surface area contributed by atoms with Gasteiger partial charge in [0.05, 0.1) is 0 Å². The maximum atomic E-state index is 6.51. The van der Waals surface area contributed by atoms with Crippen molar-refractivity contribution < 1.29 is 4.43 Å². The van der Waals surface area contributed by atoms with E-state index >= 15 is 0 Å². The molecule has 176 valence electrons. The van der Waals surface area contributed by atoms with Crippen molar-refractivity contribution in [1.82, 2.24) is 0 Å². The third-order valence-corrected chi connectivity index (χ3v) is 11.7. The summed E-state index contributed by atoms with van der Waals surface area (Å²) in [4.78, 5) is 0. The van der Waals surface area contributed by atoms with Gasteiger partial charge in [-0.1, -0.05) is 86.5 Å². The highest BCUT2D eigenvalue weighted by Gasteiger charge is 2.38. The predicted molar refractivity (Wildman–Crippen MR) is 146 cm³/mol. The highest BCUT2D eigenvalue weighted by molar-refractivity contribution is 6.74. The Bertz CT molecular complexity index is 909. The topological polar surface area (TPSA) is 9.23 Å². The predicted octanol–water partition coefficient (Wildman–Crippen LogP) is 9.64. The summed E-state index contributed by atoms with van der Waals surface area (Å²) in [5.74, 6) is 0. The molecule has 0 saturated heterocycles. The highest BCUT2D eigenvalue weighted by atomic mass is 28.4. The molecule has 0 aliphatic rings. The van der Waals surface area contributed by atoms with Crippen molar-refractivity contribution in [2.75, 3.05) is 0 Å². The minimum absolute atomic E-state index is 0.281. The number of aryl methyl sites for hydroxylation is 1. The van der Waals surface area contributed by atoms with Gasteiger partial charge in [-0.3, -0.25) is 0 Å². The van der Waals surface area contributed by atoms with Crippen LogP contribution in [0.5, 0.6) is 0 Å². The molecule has 1 atom stereocenters. The minimum atomic E-state index is -1.66. The van der Waals surface area contributed by atoms with Gasteiger partial charge < -0.3 is 4.43 Å². The molecular formula is C30H46OSi. The van der Waals surface area contributed by atoms with E-state index in [1.165, 1.54) is 27.5 Å². The third-order valence-electron chi connectivity index (χ3n) is 7.07. The van der Waals surface area contributed by atoms with Gasteiger partial charge in [0.2, 0.25) is 0 Å². The van der Waals surface area contributed by atoms with Gasteiger partial charge in [-0.15, -0.1) is 0 Å². The van der Waals surface area contributed by atoms with E-state index in [-0.39, 0.29) is 5.04 Å². The van der Waals surface area contributed by atoms with E-state index in [9.17, 15) is 0 Å². The van der Waals surface area contributed by atoms with Crippen LogP contribution >= 0.6 is 0 Å². The van der Waals surface area contributed by atoms with Crippen LogP contribution in [0.15, 0.2) is 65.8 Å². The maximum Gasteiger partial charge on any atom is 0.192 e. The molecule has 0 aliphatic heterocycles. The molecule has 0 aromatic heterocycles. The van der Waals surface area contributed by atoms with Crippen LogP contribution in [0.4, 0.5) is 0 Å². The first kappa shape index (κ1) is 26.6. The molecule has 0 N–H and O–H groups in total. The summed E-state index contributed by atoms with van der Waals surface area (Å²) >= 11 is 0. The molecule has 2 heteroatoms. The van der Waals surface area contributed by atoms with Crippen LogP contribution in [-0.4, -0.2) is 14.4 Å². The highest BCUT2D eigenvalue weighted by Crippen LogP contribution is 2.37. The standard InChI is InChI=1S/C30H46OSi/c1-24(16-12-18-28-20-13-19-27-17-9-10-21-29(27)28)14-11-15-25(2)22-23-26(3)31-32(7,8)30(4,5)6/h9-10,13,15-17,19-21,26H,11-12,14,18,22-23H2,1-8H3/b24-16+,25-15?/t26-/m0/s1. The second-order valence-electron chi connectivity index (χ2n) is 11.0. The molecule has 2 aromatic carbocycles. The average Bonchev–Trinajstić information content (AvgIpc) is 2.71.